The van der Waals surface area contributed by atoms with Gasteiger partial charge in [-0.15, -0.1) is 0 Å². The monoisotopic (exact) mass is 280 g/mol. The van der Waals surface area contributed by atoms with Crippen molar-refractivity contribution in [2.24, 2.45) is 0 Å². The molecule has 0 atom stereocenters. The molecule has 0 saturated carbocycles. The Morgan fingerprint density at radius 3 is 1.50 bits per heavy atom. The SMILES string of the molecule is COCCc1[nH]ncc1C.COCCc1[nH]ncc1C. The van der Waals surface area contributed by atoms with Gasteiger partial charge in [-0.25, -0.2) is 0 Å². The molecule has 2 rings (SSSR count). The lowest BCUT2D eigenvalue weighted by Gasteiger charge is -1.96. The number of hydrogen-bond acceptors (Lipinski definition) is 4. The fraction of sp³-hybridized carbons (Fsp3) is 0.571. The van der Waals surface area contributed by atoms with E-state index in [9.17, 15) is 0 Å². The van der Waals surface area contributed by atoms with E-state index < -0.39 is 0 Å². The summed E-state index contributed by atoms with van der Waals surface area (Å²) in [6, 6.07) is 0. The zero-order chi connectivity index (χ0) is 14.8. The Hall–Kier alpha value is -1.66. The second-order valence-corrected chi connectivity index (χ2v) is 4.55. The van der Waals surface area contributed by atoms with Crippen LogP contribution in [-0.2, 0) is 22.3 Å². The summed E-state index contributed by atoms with van der Waals surface area (Å²) in [6.07, 6.45) is 5.49. The van der Waals surface area contributed by atoms with Crippen LogP contribution in [0.1, 0.15) is 22.5 Å². The standard InChI is InChI=1S/2C7H12N2O/c2*1-6-5-8-9-7(6)3-4-10-2/h2*5H,3-4H2,1-2H3,(H,8,9). The fourth-order valence-electron chi connectivity index (χ4n) is 1.66. The number of aryl methyl sites for hydroxylation is 2. The van der Waals surface area contributed by atoms with Crippen LogP contribution >= 0.6 is 0 Å². The molecule has 0 amide bonds. The third kappa shape index (κ3) is 5.54. The van der Waals surface area contributed by atoms with E-state index in [0.717, 1.165) is 26.1 Å². The maximum Gasteiger partial charge on any atom is 0.0519 e. The molecule has 0 aromatic carbocycles. The largest absolute Gasteiger partial charge is 0.384 e. The predicted octanol–water partition coefficient (Wildman–Crippen LogP) is 1.81. The van der Waals surface area contributed by atoms with Crippen molar-refractivity contribution in [1.82, 2.24) is 20.4 Å². The first-order chi connectivity index (χ1) is 9.69. The number of ether oxygens (including phenoxy) is 2. The molecule has 0 aliphatic rings. The van der Waals surface area contributed by atoms with E-state index in [0.29, 0.717) is 0 Å². The minimum absolute atomic E-state index is 0.753. The van der Waals surface area contributed by atoms with E-state index in [1.165, 1.54) is 22.5 Å². The van der Waals surface area contributed by atoms with Gasteiger partial charge in [0.15, 0.2) is 0 Å². The Morgan fingerprint density at radius 2 is 1.25 bits per heavy atom. The average Bonchev–Trinajstić information content (AvgIpc) is 3.04. The van der Waals surface area contributed by atoms with Crippen LogP contribution < -0.4 is 0 Å². The van der Waals surface area contributed by atoms with Gasteiger partial charge in [-0.05, 0) is 25.0 Å². The lowest BCUT2D eigenvalue weighted by molar-refractivity contribution is 0.201. The maximum atomic E-state index is 4.92. The van der Waals surface area contributed by atoms with E-state index in [1.807, 2.05) is 26.2 Å². The molecule has 0 aliphatic carbocycles. The Bertz CT molecular complexity index is 435. The van der Waals surface area contributed by atoms with E-state index in [2.05, 4.69) is 20.4 Å². The molecule has 6 heteroatoms. The number of aromatic amines is 2. The van der Waals surface area contributed by atoms with E-state index in [1.54, 1.807) is 14.2 Å². The van der Waals surface area contributed by atoms with Gasteiger partial charge >= 0.3 is 0 Å². The molecule has 0 fully saturated rings. The molecule has 2 heterocycles. The van der Waals surface area contributed by atoms with Crippen LogP contribution in [0, 0.1) is 13.8 Å². The summed E-state index contributed by atoms with van der Waals surface area (Å²) in [5, 5.41) is 13.6. The normalized spacial score (nSPS) is 10.2. The Kier molecular flexibility index (Phi) is 7.60. The Morgan fingerprint density at radius 1 is 0.850 bits per heavy atom. The number of nitrogens with zero attached hydrogens (tertiary/aromatic N) is 2. The molecule has 0 aliphatic heterocycles. The van der Waals surface area contributed by atoms with Crippen LogP contribution in [0.15, 0.2) is 12.4 Å². The molecule has 0 unspecified atom stereocenters. The molecular weight excluding hydrogens is 256 g/mol. The average molecular weight is 280 g/mol. The van der Waals surface area contributed by atoms with Crippen LogP contribution in [0.25, 0.3) is 0 Å². The van der Waals surface area contributed by atoms with Gasteiger partial charge in [-0.2, -0.15) is 10.2 Å². The van der Waals surface area contributed by atoms with Crippen molar-refractivity contribution in [3.63, 3.8) is 0 Å². The Labute approximate surface area is 119 Å². The van der Waals surface area contributed by atoms with Crippen molar-refractivity contribution >= 4 is 0 Å². The van der Waals surface area contributed by atoms with Gasteiger partial charge in [0.2, 0.25) is 0 Å². The quantitative estimate of drug-likeness (QED) is 0.846. The van der Waals surface area contributed by atoms with Crippen molar-refractivity contribution in [3.05, 3.63) is 34.9 Å². The highest BCUT2D eigenvalue weighted by atomic mass is 16.5. The molecule has 20 heavy (non-hydrogen) atoms. The first-order valence-electron chi connectivity index (χ1n) is 6.64. The molecule has 6 nitrogen and oxygen atoms in total. The molecule has 0 spiro atoms. The van der Waals surface area contributed by atoms with Gasteiger partial charge < -0.3 is 9.47 Å². The van der Waals surface area contributed by atoms with Gasteiger partial charge in [0.25, 0.3) is 0 Å². The van der Waals surface area contributed by atoms with E-state index in [-0.39, 0.29) is 0 Å². The second-order valence-electron chi connectivity index (χ2n) is 4.55. The minimum atomic E-state index is 0.753. The zero-order valence-corrected chi connectivity index (χ0v) is 12.7. The zero-order valence-electron chi connectivity index (χ0n) is 12.7. The number of hydrogen-bond donors (Lipinski definition) is 2. The first-order valence-corrected chi connectivity index (χ1v) is 6.64. The highest BCUT2D eigenvalue weighted by Crippen LogP contribution is 2.02. The lowest BCUT2D eigenvalue weighted by atomic mass is 10.2. The summed E-state index contributed by atoms with van der Waals surface area (Å²) in [5.74, 6) is 0. The summed E-state index contributed by atoms with van der Waals surface area (Å²) >= 11 is 0. The van der Waals surface area contributed by atoms with Crippen LogP contribution in [0.3, 0.4) is 0 Å². The molecule has 0 radical (unpaired) electrons. The van der Waals surface area contributed by atoms with Crippen LogP contribution in [0.5, 0.6) is 0 Å². The van der Waals surface area contributed by atoms with Crippen LogP contribution in [0.2, 0.25) is 0 Å². The second kappa shape index (κ2) is 9.28. The molecule has 112 valence electrons. The predicted molar refractivity (Wildman–Crippen MR) is 77.8 cm³/mol. The van der Waals surface area contributed by atoms with Gasteiger partial charge in [-0.1, -0.05) is 0 Å². The van der Waals surface area contributed by atoms with E-state index in [4.69, 9.17) is 9.47 Å². The molecule has 0 bridgehead atoms. The fourth-order valence-corrected chi connectivity index (χ4v) is 1.66. The summed E-state index contributed by atoms with van der Waals surface area (Å²) in [7, 11) is 3.40. The summed E-state index contributed by atoms with van der Waals surface area (Å²) in [4.78, 5) is 0. The summed E-state index contributed by atoms with van der Waals surface area (Å²) < 4.78 is 9.84. The first kappa shape index (κ1) is 16.4. The van der Waals surface area contributed by atoms with Crippen molar-refractivity contribution < 1.29 is 9.47 Å². The Balaban J connectivity index is 0.000000200. The van der Waals surface area contributed by atoms with Gasteiger partial charge in [0, 0.05) is 38.4 Å². The number of methoxy groups -OCH3 is 2. The summed E-state index contributed by atoms with van der Waals surface area (Å²) in [6.45, 7) is 5.58. The van der Waals surface area contributed by atoms with Crippen molar-refractivity contribution in [2.45, 2.75) is 26.7 Å². The third-order valence-corrected chi connectivity index (χ3v) is 2.98. The van der Waals surface area contributed by atoms with Crippen molar-refractivity contribution in [1.29, 1.82) is 0 Å². The smallest absolute Gasteiger partial charge is 0.0519 e. The number of aromatic nitrogens is 4. The highest BCUT2D eigenvalue weighted by Gasteiger charge is 1.98. The maximum absolute atomic E-state index is 4.92. The van der Waals surface area contributed by atoms with Crippen LogP contribution in [0.4, 0.5) is 0 Å². The topological polar surface area (TPSA) is 75.8 Å². The molecule has 0 saturated heterocycles. The minimum Gasteiger partial charge on any atom is -0.384 e. The summed E-state index contributed by atoms with van der Waals surface area (Å²) in [5.41, 5.74) is 4.75. The molecular formula is C14H24N4O2. The molecule has 2 N–H and O–H groups in total. The highest BCUT2D eigenvalue weighted by molar-refractivity contribution is 5.14. The van der Waals surface area contributed by atoms with Gasteiger partial charge in [0.05, 0.1) is 25.6 Å². The van der Waals surface area contributed by atoms with Crippen molar-refractivity contribution in [2.75, 3.05) is 27.4 Å². The number of rotatable bonds is 6. The number of H-pyrrole nitrogens is 2. The van der Waals surface area contributed by atoms with Crippen LogP contribution in [-0.4, -0.2) is 47.8 Å². The molecule has 2 aromatic heterocycles. The third-order valence-electron chi connectivity index (χ3n) is 2.98. The van der Waals surface area contributed by atoms with Crippen molar-refractivity contribution in [3.8, 4) is 0 Å². The van der Waals surface area contributed by atoms with E-state index >= 15 is 0 Å². The number of nitrogens with one attached hydrogen (secondary N) is 2. The lowest BCUT2D eigenvalue weighted by Crippen LogP contribution is -1.96. The molecule has 2 aromatic rings. The van der Waals surface area contributed by atoms with Gasteiger partial charge in [-0.3, -0.25) is 10.2 Å². The van der Waals surface area contributed by atoms with Gasteiger partial charge in [0.1, 0.15) is 0 Å².